The summed E-state index contributed by atoms with van der Waals surface area (Å²) in [5, 5.41) is 0. The van der Waals surface area contributed by atoms with Gasteiger partial charge in [0.15, 0.2) is 11.6 Å². The van der Waals surface area contributed by atoms with Gasteiger partial charge in [-0.05, 0) is 77.4 Å². The molecule has 4 rings (SSSR count). The fraction of sp³-hybridized carbons (Fsp3) is 0.200. The number of hydrogen-bond acceptors (Lipinski definition) is 0. The van der Waals surface area contributed by atoms with Gasteiger partial charge in [-0.15, -0.1) is 0 Å². The standard InChI is InChI=1S/C25H20F2/c1-2-3-17-6-11-22-20(14-17)9-10-21-15-18(7-12-23(21)22)4-5-19-8-13-24(26)25(27)16-19/h6-8,11-16H,2-3,9-10H2,1H3. The van der Waals surface area contributed by atoms with Crippen molar-refractivity contribution in [3.05, 3.63) is 94.0 Å². The molecule has 2 heteroatoms. The van der Waals surface area contributed by atoms with Crippen LogP contribution in [-0.2, 0) is 19.3 Å². The summed E-state index contributed by atoms with van der Waals surface area (Å²) in [6.07, 6.45) is 4.33. The van der Waals surface area contributed by atoms with Gasteiger partial charge in [0, 0.05) is 11.1 Å². The van der Waals surface area contributed by atoms with Gasteiger partial charge in [0.25, 0.3) is 0 Å². The first-order valence-electron chi connectivity index (χ1n) is 9.36. The third kappa shape index (κ3) is 3.64. The van der Waals surface area contributed by atoms with Gasteiger partial charge in [-0.25, -0.2) is 8.78 Å². The number of hydrogen-bond donors (Lipinski definition) is 0. The highest BCUT2D eigenvalue weighted by molar-refractivity contribution is 5.74. The SMILES string of the molecule is CCCc1ccc2c(c1)CCc1cc(C#Cc3ccc(F)c(F)c3)ccc1-2. The molecule has 1 aliphatic rings. The summed E-state index contributed by atoms with van der Waals surface area (Å²) in [6, 6.07) is 16.8. The molecule has 0 N–H and O–H groups in total. The summed E-state index contributed by atoms with van der Waals surface area (Å²) in [6.45, 7) is 2.21. The van der Waals surface area contributed by atoms with E-state index in [1.54, 1.807) is 0 Å². The van der Waals surface area contributed by atoms with Crippen molar-refractivity contribution < 1.29 is 8.78 Å². The van der Waals surface area contributed by atoms with Gasteiger partial charge in [0.1, 0.15) is 0 Å². The lowest BCUT2D eigenvalue weighted by atomic mass is 9.84. The molecule has 0 radical (unpaired) electrons. The zero-order valence-electron chi connectivity index (χ0n) is 15.3. The van der Waals surface area contributed by atoms with Crippen LogP contribution in [-0.4, -0.2) is 0 Å². The molecule has 0 amide bonds. The van der Waals surface area contributed by atoms with Crippen LogP contribution in [0.3, 0.4) is 0 Å². The summed E-state index contributed by atoms with van der Waals surface area (Å²) in [5.74, 6) is 4.27. The number of aryl methyl sites for hydroxylation is 3. The van der Waals surface area contributed by atoms with Crippen molar-refractivity contribution in [1.29, 1.82) is 0 Å². The van der Waals surface area contributed by atoms with Crippen molar-refractivity contribution in [3.63, 3.8) is 0 Å². The topological polar surface area (TPSA) is 0 Å². The maximum absolute atomic E-state index is 13.3. The van der Waals surface area contributed by atoms with Crippen LogP contribution < -0.4 is 0 Å². The normalized spacial score (nSPS) is 12.0. The van der Waals surface area contributed by atoms with E-state index in [4.69, 9.17) is 0 Å². The Labute approximate surface area is 158 Å². The minimum absolute atomic E-state index is 0.473. The van der Waals surface area contributed by atoms with Crippen molar-refractivity contribution in [2.75, 3.05) is 0 Å². The second-order valence-electron chi connectivity index (χ2n) is 6.99. The van der Waals surface area contributed by atoms with E-state index in [2.05, 4.69) is 49.1 Å². The molecular weight excluding hydrogens is 338 g/mol. The average molecular weight is 358 g/mol. The van der Waals surface area contributed by atoms with Crippen LogP contribution in [0.5, 0.6) is 0 Å². The van der Waals surface area contributed by atoms with Gasteiger partial charge in [0.2, 0.25) is 0 Å². The van der Waals surface area contributed by atoms with Gasteiger partial charge >= 0.3 is 0 Å². The predicted molar refractivity (Wildman–Crippen MR) is 106 cm³/mol. The Hall–Kier alpha value is -2.92. The van der Waals surface area contributed by atoms with Gasteiger partial charge in [0.05, 0.1) is 0 Å². The van der Waals surface area contributed by atoms with Crippen LogP contribution >= 0.6 is 0 Å². The predicted octanol–water partition coefficient (Wildman–Crippen LogP) is 6.08. The summed E-state index contributed by atoms with van der Waals surface area (Å²) in [5.41, 5.74) is 8.09. The zero-order chi connectivity index (χ0) is 18.8. The van der Waals surface area contributed by atoms with Crippen LogP contribution in [0.4, 0.5) is 8.78 Å². The van der Waals surface area contributed by atoms with Crippen LogP contribution in [0.25, 0.3) is 11.1 Å². The summed E-state index contributed by atoms with van der Waals surface area (Å²) >= 11 is 0. The molecule has 0 saturated carbocycles. The fourth-order valence-corrected chi connectivity index (χ4v) is 3.69. The molecule has 3 aromatic rings. The minimum Gasteiger partial charge on any atom is -0.204 e. The molecule has 0 bridgehead atoms. The first-order chi connectivity index (χ1) is 13.1. The van der Waals surface area contributed by atoms with Crippen LogP contribution in [0.1, 0.15) is 41.2 Å². The molecular formula is C25H20F2. The van der Waals surface area contributed by atoms with Crippen LogP contribution in [0, 0.1) is 23.5 Å². The quantitative estimate of drug-likeness (QED) is 0.487. The second-order valence-corrected chi connectivity index (χ2v) is 6.99. The molecule has 134 valence electrons. The Balaban J connectivity index is 1.64. The van der Waals surface area contributed by atoms with E-state index in [-0.39, 0.29) is 0 Å². The van der Waals surface area contributed by atoms with E-state index in [0.29, 0.717) is 5.56 Å². The molecule has 27 heavy (non-hydrogen) atoms. The van der Waals surface area contributed by atoms with Gasteiger partial charge in [-0.2, -0.15) is 0 Å². The molecule has 0 saturated heterocycles. The van der Waals surface area contributed by atoms with Crippen LogP contribution in [0.2, 0.25) is 0 Å². The number of rotatable bonds is 2. The highest BCUT2D eigenvalue weighted by Crippen LogP contribution is 2.34. The Morgan fingerprint density at radius 2 is 1.37 bits per heavy atom. The van der Waals surface area contributed by atoms with E-state index in [0.717, 1.165) is 43.4 Å². The third-order valence-corrected chi connectivity index (χ3v) is 5.04. The number of halogens is 2. The first-order valence-corrected chi connectivity index (χ1v) is 9.36. The van der Waals surface area contributed by atoms with E-state index < -0.39 is 11.6 Å². The summed E-state index contributed by atoms with van der Waals surface area (Å²) < 4.78 is 26.3. The maximum Gasteiger partial charge on any atom is 0.160 e. The summed E-state index contributed by atoms with van der Waals surface area (Å²) in [4.78, 5) is 0. The summed E-state index contributed by atoms with van der Waals surface area (Å²) in [7, 11) is 0. The molecule has 0 atom stereocenters. The van der Waals surface area contributed by atoms with Crippen molar-refractivity contribution in [2.45, 2.75) is 32.6 Å². The molecule has 0 fully saturated rings. The van der Waals surface area contributed by atoms with Crippen molar-refractivity contribution in [2.24, 2.45) is 0 Å². The van der Waals surface area contributed by atoms with Gasteiger partial charge < -0.3 is 0 Å². The average Bonchev–Trinajstić information content (AvgIpc) is 2.68. The van der Waals surface area contributed by atoms with Crippen molar-refractivity contribution in [3.8, 4) is 23.0 Å². The fourth-order valence-electron chi connectivity index (χ4n) is 3.69. The lowest BCUT2D eigenvalue weighted by Crippen LogP contribution is -2.05. The van der Waals surface area contributed by atoms with E-state index >= 15 is 0 Å². The van der Waals surface area contributed by atoms with E-state index in [1.165, 1.54) is 33.9 Å². The highest BCUT2D eigenvalue weighted by Gasteiger charge is 2.16. The van der Waals surface area contributed by atoms with Gasteiger partial charge in [-0.1, -0.05) is 49.5 Å². The van der Waals surface area contributed by atoms with Gasteiger partial charge in [-0.3, -0.25) is 0 Å². The molecule has 3 aromatic carbocycles. The molecule has 0 aliphatic heterocycles. The van der Waals surface area contributed by atoms with Crippen molar-refractivity contribution in [1.82, 2.24) is 0 Å². The first kappa shape index (κ1) is 17.5. The smallest absolute Gasteiger partial charge is 0.160 e. The Morgan fingerprint density at radius 1 is 0.741 bits per heavy atom. The molecule has 0 spiro atoms. The third-order valence-electron chi connectivity index (χ3n) is 5.04. The minimum atomic E-state index is -0.869. The maximum atomic E-state index is 13.3. The monoisotopic (exact) mass is 358 g/mol. The van der Waals surface area contributed by atoms with Crippen LogP contribution in [0.15, 0.2) is 54.6 Å². The Kier molecular flexibility index (Phi) is 4.77. The van der Waals surface area contributed by atoms with E-state index in [1.807, 2.05) is 6.07 Å². The zero-order valence-corrected chi connectivity index (χ0v) is 15.3. The largest absolute Gasteiger partial charge is 0.204 e. The number of benzene rings is 3. The Bertz CT molecular complexity index is 1070. The lowest BCUT2D eigenvalue weighted by Gasteiger charge is -2.21. The Morgan fingerprint density at radius 3 is 2.07 bits per heavy atom. The molecule has 0 nitrogen and oxygen atoms in total. The highest BCUT2D eigenvalue weighted by atomic mass is 19.2. The molecule has 1 aliphatic carbocycles. The molecule has 0 unspecified atom stereocenters. The molecule has 0 aromatic heterocycles. The van der Waals surface area contributed by atoms with E-state index in [9.17, 15) is 8.78 Å². The lowest BCUT2D eigenvalue weighted by molar-refractivity contribution is 0.508. The van der Waals surface area contributed by atoms with Crippen molar-refractivity contribution >= 4 is 0 Å². The molecule has 0 heterocycles. The number of fused-ring (bicyclic) bond motifs is 3. The second kappa shape index (κ2) is 7.37.